The highest BCUT2D eigenvalue weighted by Crippen LogP contribution is 2.51. The number of allylic oxidation sites excluding steroid dienone is 1. The number of esters is 1. The molecule has 1 aliphatic heterocycles. The third kappa shape index (κ3) is 5.09. The summed E-state index contributed by atoms with van der Waals surface area (Å²) in [4.78, 5) is 29.1. The van der Waals surface area contributed by atoms with Crippen LogP contribution in [-0.2, 0) is 14.3 Å². The topological polar surface area (TPSA) is 77.5 Å². The van der Waals surface area contributed by atoms with Gasteiger partial charge in [-0.15, -0.1) is 0 Å². The molecular formula is C28H31FN2O4. The summed E-state index contributed by atoms with van der Waals surface area (Å²) in [6.45, 7) is 2.64. The molecule has 6 atom stereocenters. The van der Waals surface area contributed by atoms with E-state index in [0.29, 0.717) is 25.0 Å². The largest absolute Gasteiger partial charge is 0.465 e. The van der Waals surface area contributed by atoms with Crippen molar-refractivity contribution in [3.05, 3.63) is 60.2 Å². The van der Waals surface area contributed by atoms with Gasteiger partial charge in [0.15, 0.2) is 0 Å². The predicted molar refractivity (Wildman–Crippen MR) is 129 cm³/mol. The molecule has 0 bridgehead atoms. The van der Waals surface area contributed by atoms with E-state index in [4.69, 9.17) is 9.47 Å². The lowest BCUT2D eigenvalue weighted by Gasteiger charge is -2.46. The number of pyridine rings is 1. The standard InChI is InChI=1S/C28H31FN2O4/c1-2-34-28(33)31-23-9-10-24-19(14-23)12-20-16-35-27(32)26(20)25(24)11-8-22-7-6-18(15-30-22)17-4-3-5-21(29)13-17/h3-8,11,13,15,19-20,23-26H,2,9-10,12,14,16H2,1H3,(H,31,33)/t19-,20-,23-,24-,25+,26+/m1/s1. The first-order valence-corrected chi connectivity index (χ1v) is 12.5. The van der Waals surface area contributed by atoms with Crippen LogP contribution in [0.25, 0.3) is 17.2 Å². The number of carbonyl (C=O) groups excluding carboxylic acids is 2. The van der Waals surface area contributed by atoms with Gasteiger partial charge >= 0.3 is 12.1 Å². The molecule has 2 aliphatic carbocycles. The third-order valence-corrected chi connectivity index (χ3v) is 7.81. The summed E-state index contributed by atoms with van der Waals surface area (Å²) in [6, 6.07) is 10.4. The molecule has 35 heavy (non-hydrogen) atoms. The minimum Gasteiger partial charge on any atom is -0.465 e. The number of amides is 1. The molecule has 0 spiro atoms. The van der Waals surface area contributed by atoms with Gasteiger partial charge in [-0.2, -0.15) is 0 Å². The zero-order valence-electron chi connectivity index (χ0n) is 19.9. The maximum atomic E-state index is 13.6. The average Bonchev–Trinajstić information content (AvgIpc) is 3.22. The van der Waals surface area contributed by atoms with Gasteiger partial charge in [0.05, 0.1) is 24.8 Å². The van der Waals surface area contributed by atoms with Crippen LogP contribution in [0.3, 0.4) is 0 Å². The Morgan fingerprint density at radius 3 is 2.86 bits per heavy atom. The number of nitrogens with one attached hydrogen (secondary N) is 1. The number of cyclic esters (lactones) is 1. The molecule has 184 valence electrons. The molecule has 3 aliphatic rings. The Labute approximate surface area is 204 Å². The number of aromatic nitrogens is 1. The zero-order chi connectivity index (χ0) is 24.4. The molecule has 7 heteroatoms. The minimum atomic E-state index is -0.353. The van der Waals surface area contributed by atoms with Crippen molar-refractivity contribution in [1.82, 2.24) is 10.3 Å². The van der Waals surface area contributed by atoms with E-state index in [9.17, 15) is 14.0 Å². The van der Waals surface area contributed by atoms with Crippen LogP contribution in [0.2, 0.25) is 0 Å². The highest BCUT2D eigenvalue weighted by Gasteiger charge is 2.52. The Kier molecular flexibility index (Phi) is 6.84. The number of fused-ring (bicyclic) bond motifs is 2. The Balaban J connectivity index is 1.32. The number of alkyl carbamates (subject to hydrolysis) is 1. The smallest absolute Gasteiger partial charge is 0.407 e. The lowest BCUT2D eigenvalue weighted by molar-refractivity contribution is -0.143. The number of rotatable bonds is 5. The molecule has 5 rings (SSSR count). The fourth-order valence-corrected chi connectivity index (χ4v) is 6.27. The van der Waals surface area contributed by atoms with Crippen LogP contribution in [-0.4, -0.2) is 36.3 Å². The van der Waals surface area contributed by atoms with Gasteiger partial charge in [0.1, 0.15) is 5.82 Å². The van der Waals surface area contributed by atoms with Crippen molar-refractivity contribution in [1.29, 1.82) is 0 Å². The summed E-state index contributed by atoms with van der Waals surface area (Å²) in [5.41, 5.74) is 2.44. The van der Waals surface area contributed by atoms with Crippen LogP contribution in [0, 0.1) is 35.4 Å². The molecule has 1 aromatic carbocycles. The van der Waals surface area contributed by atoms with E-state index >= 15 is 0 Å². The SMILES string of the molecule is CCOC(=O)N[C@@H]1CC[C@@H]2[C@@H](C1)C[C@@H]1COC(=O)[C@@H]1[C@H]2C=Cc1ccc(-c2cccc(F)c2)cn1. The van der Waals surface area contributed by atoms with Crippen LogP contribution < -0.4 is 5.32 Å². The molecule has 1 amide bonds. The Morgan fingerprint density at radius 1 is 1.20 bits per heavy atom. The number of nitrogens with zero attached hydrogens (tertiary/aromatic N) is 1. The predicted octanol–water partition coefficient (Wildman–Crippen LogP) is 5.24. The van der Waals surface area contributed by atoms with Gasteiger partial charge in [0, 0.05) is 23.7 Å². The fourth-order valence-electron chi connectivity index (χ4n) is 6.27. The number of hydrogen-bond donors (Lipinski definition) is 1. The fraction of sp³-hybridized carbons (Fsp3) is 0.464. The van der Waals surface area contributed by atoms with Gasteiger partial charge in [0.2, 0.25) is 0 Å². The molecule has 0 radical (unpaired) electrons. The lowest BCUT2D eigenvalue weighted by Crippen LogP contribution is -2.47. The second kappa shape index (κ2) is 10.2. The first-order valence-electron chi connectivity index (χ1n) is 12.5. The van der Waals surface area contributed by atoms with Crippen LogP contribution in [0.1, 0.15) is 38.3 Å². The number of hydrogen-bond acceptors (Lipinski definition) is 5. The molecular weight excluding hydrogens is 447 g/mol. The van der Waals surface area contributed by atoms with Crippen LogP contribution >= 0.6 is 0 Å². The summed E-state index contributed by atoms with van der Waals surface area (Å²) in [5, 5.41) is 3.01. The molecule has 1 N–H and O–H groups in total. The van der Waals surface area contributed by atoms with Gasteiger partial charge in [-0.3, -0.25) is 9.78 Å². The van der Waals surface area contributed by atoms with E-state index in [1.807, 2.05) is 24.3 Å². The molecule has 2 heterocycles. The summed E-state index contributed by atoms with van der Waals surface area (Å²) in [7, 11) is 0. The Hall–Kier alpha value is -3.22. The summed E-state index contributed by atoms with van der Waals surface area (Å²) >= 11 is 0. The first-order chi connectivity index (χ1) is 17.0. The number of benzene rings is 1. The summed E-state index contributed by atoms with van der Waals surface area (Å²) in [6.07, 6.45) is 9.19. The minimum absolute atomic E-state index is 0.0852. The first kappa shape index (κ1) is 23.5. The van der Waals surface area contributed by atoms with Crippen LogP contribution in [0.5, 0.6) is 0 Å². The molecule has 1 aromatic heterocycles. The molecule has 2 aromatic rings. The second-order valence-corrected chi connectivity index (χ2v) is 9.87. The maximum absolute atomic E-state index is 13.6. The van der Waals surface area contributed by atoms with Crippen molar-refractivity contribution in [2.75, 3.05) is 13.2 Å². The molecule has 1 saturated heterocycles. The Bertz CT molecular complexity index is 1100. The molecule has 2 saturated carbocycles. The Morgan fingerprint density at radius 2 is 2.09 bits per heavy atom. The van der Waals surface area contributed by atoms with Crippen molar-refractivity contribution >= 4 is 18.1 Å². The molecule has 3 fully saturated rings. The van der Waals surface area contributed by atoms with Gasteiger partial charge in [-0.05, 0) is 80.2 Å². The van der Waals surface area contributed by atoms with Crippen molar-refractivity contribution < 1.29 is 23.5 Å². The maximum Gasteiger partial charge on any atom is 0.407 e. The molecule has 0 unspecified atom stereocenters. The van der Waals surface area contributed by atoms with Crippen LogP contribution in [0.4, 0.5) is 9.18 Å². The monoisotopic (exact) mass is 478 g/mol. The van der Waals surface area contributed by atoms with Crippen molar-refractivity contribution in [3.8, 4) is 11.1 Å². The highest BCUT2D eigenvalue weighted by molar-refractivity contribution is 5.76. The van der Waals surface area contributed by atoms with Gasteiger partial charge in [-0.25, -0.2) is 9.18 Å². The highest BCUT2D eigenvalue weighted by atomic mass is 19.1. The van der Waals surface area contributed by atoms with Gasteiger partial charge < -0.3 is 14.8 Å². The van der Waals surface area contributed by atoms with Crippen molar-refractivity contribution in [3.63, 3.8) is 0 Å². The van der Waals surface area contributed by atoms with E-state index in [2.05, 4.69) is 16.4 Å². The van der Waals surface area contributed by atoms with Crippen molar-refractivity contribution in [2.24, 2.45) is 29.6 Å². The normalized spacial score (nSPS) is 29.8. The summed E-state index contributed by atoms with van der Waals surface area (Å²) < 4.78 is 24.1. The van der Waals surface area contributed by atoms with Gasteiger partial charge in [-0.1, -0.05) is 24.3 Å². The van der Waals surface area contributed by atoms with E-state index in [-0.39, 0.29) is 41.7 Å². The van der Waals surface area contributed by atoms with Gasteiger partial charge in [0.25, 0.3) is 0 Å². The van der Waals surface area contributed by atoms with Crippen LogP contribution in [0.15, 0.2) is 48.7 Å². The second-order valence-electron chi connectivity index (χ2n) is 9.87. The van der Waals surface area contributed by atoms with E-state index in [1.54, 1.807) is 19.2 Å². The third-order valence-electron chi connectivity index (χ3n) is 7.81. The summed E-state index contributed by atoms with van der Waals surface area (Å²) in [5.74, 6) is 0.598. The quantitative estimate of drug-likeness (QED) is 0.595. The van der Waals surface area contributed by atoms with E-state index in [0.717, 1.165) is 42.5 Å². The van der Waals surface area contributed by atoms with E-state index < -0.39 is 0 Å². The number of ether oxygens (including phenoxy) is 2. The average molecular weight is 479 g/mol. The van der Waals surface area contributed by atoms with Crippen molar-refractivity contribution in [2.45, 2.75) is 38.6 Å². The van der Waals surface area contributed by atoms with E-state index in [1.165, 1.54) is 12.1 Å². The molecule has 6 nitrogen and oxygen atoms in total. The zero-order valence-corrected chi connectivity index (χ0v) is 19.9. The number of carbonyl (C=O) groups is 2. The number of halogens is 1. The lowest BCUT2D eigenvalue weighted by atomic mass is 9.58.